The number of benzene rings is 1. The first-order valence-corrected chi connectivity index (χ1v) is 8.78. The molecule has 6 heteroatoms. The number of amides is 1. The minimum Gasteiger partial charge on any atom is -0.497 e. The van der Waals surface area contributed by atoms with Crippen molar-refractivity contribution >= 4 is 22.9 Å². The fourth-order valence-electron chi connectivity index (χ4n) is 2.97. The van der Waals surface area contributed by atoms with E-state index in [2.05, 4.69) is 4.90 Å². The Morgan fingerprint density at radius 1 is 1.00 bits per heavy atom. The molecule has 0 aliphatic carbocycles. The van der Waals surface area contributed by atoms with E-state index in [-0.39, 0.29) is 5.91 Å². The number of anilines is 2. The maximum absolute atomic E-state index is 12.7. The van der Waals surface area contributed by atoms with Crippen LogP contribution in [0.1, 0.15) is 10.4 Å². The molecule has 2 heterocycles. The summed E-state index contributed by atoms with van der Waals surface area (Å²) >= 11 is 0. The van der Waals surface area contributed by atoms with E-state index in [1.54, 1.807) is 26.2 Å². The van der Waals surface area contributed by atoms with Crippen LogP contribution in [0.2, 0.25) is 0 Å². The van der Waals surface area contributed by atoms with Crippen LogP contribution in [-0.4, -0.2) is 56.7 Å². The molecule has 0 aliphatic rings. The number of carbonyl (C=O) groups is 1. The van der Waals surface area contributed by atoms with Gasteiger partial charge >= 0.3 is 0 Å². The first-order chi connectivity index (χ1) is 13.0. The largest absolute Gasteiger partial charge is 0.497 e. The summed E-state index contributed by atoms with van der Waals surface area (Å²) in [5.74, 6) is 1.77. The molecule has 0 N–H and O–H groups in total. The average Bonchev–Trinajstić information content (AvgIpc) is 3.14. The number of methoxy groups -OCH3 is 2. The Bertz CT molecular complexity index is 918. The molecule has 142 valence electrons. The van der Waals surface area contributed by atoms with Crippen molar-refractivity contribution in [1.29, 1.82) is 0 Å². The number of carbonyl (C=O) groups excluding carboxylic acids is 1. The van der Waals surface area contributed by atoms with Crippen molar-refractivity contribution in [3.63, 3.8) is 0 Å². The number of pyridine rings is 1. The van der Waals surface area contributed by atoms with Crippen molar-refractivity contribution in [2.24, 2.45) is 0 Å². The molecular formula is C21H25N3O3. The Morgan fingerprint density at radius 3 is 2.37 bits per heavy atom. The van der Waals surface area contributed by atoms with Gasteiger partial charge in [0.2, 0.25) is 0 Å². The number of likely N-dealkylation sites (N-methyl/N-ethyl adjacent to an activating group) is 1. The topological polar surface area (TPSA) is 46.4 Å². The second-order valence-corrected chi connectivity index (χ2v) is 6.38. The van der Waals surface area contributed by atoms with E-state index < -0.39 is 0 Å². The van der Waals surface area contributed by atoms with Crippen LogP contribution in [0.15, 0.2) is 54.7 Å². The number of ether oxygens (including phenoxy) is 2. The fraction of sp³-hybridized carbons (Fsp3) is 0.286. The number of hydrogen-bond donors (Lipinski definition) is 0. The van der Waals surface area contributed by atoms with E-state index in [1.807, 2.05) is 66.2 Å². The molecule has 2 aromatic heterocycles. The maximum Gasteiger partial charge on any atom is 0.255 e. The predicted molar refractivity (Wildman–Crippen MR) is 107 cm³/mol. The summed E-state index contributed by atoms with van der Waals surface area (Å²) in [7, 11) is 7.07. The maximum atomic E-state index is 12.7. The zero-order valence-electron chi connectivity index (χ0n) is 16.2. The number of hydrogen-bond acceptors (Lipinski definition) is 4. The average molecular weight is 367 g/mol. The molecule has 3 aromatic rings. The lowest BCUT2D eigenvalue weighted by Crippen LogP contribution is -2.30. The van der Waals surface area contributed by atoms with Crippen molar-refractivity contribution < 1.29 is 14.3 Å². The summed E-state index contributed by atoms with van der Waals surface area (Å²) in [6.07, 6.45) is 1.89. The highest BCUT2D eigenvalue weighted by Crippen LogP contribution is 2.27. The summed E-state index contributed by atoms with van der Waals surface area (Å²) in [5, 5.41) is 0. The van der Waals surface area contributed by atoms with Crippen LogP contribution in [0.4, 0.5) is 11.5 Å². The summed E-state index contributed by atoms with van der Waals surface area (Å²) < 4.78 is 12.3. The quantitative estimate of drug-likeness (QED) is 0.642. The highest BCUT2D eigenvalue weighted by Gasteiger charge is 2.15. The van der Waals surface area contributed by atoms with Crippen LogP contribution in [0, 0.1) is 0 Å². The van der Waals surface area contributed by atoms with Crippen molar-refractivity contribution in [3.8, 4) is 5.75 Å². The second-order valence-electron chi connectivity index (χ2n) is 6.38. The van der Waals surface area contributed by atoms with Crippen molar-refractivity contribution in [2.45, 2.75) is 0 Å². The van der Waals surface area contributed by atoms with E-state index in [0.29, 0.717) is 18.7 Å². The van der Waals surface area contributed by atoms with Crippen LogP contribution in [0.3, 0.4) is 0 Å². The highest BCUT2D eigenvalue weighted by molar-refractivity contribution is 5.94. The smallest absolute Gasteiger partial charge is 0.255 e. The molecule has 1 amide bonds. The van der Waals surface area contributed by atoms with Crippen LogP contribution in [0.25, 0.3) is 5.52 Å². The third kappa shape index (κ3) is 3.90. The molecule has 0 saturated heterocycles. The van der Waals surface area contributed by atoms with Gasteiger partial charge in [0.05, 0.1) is 19.3 Å². The Labute approximate surface area is 159 Å². The Balaban J connectivity index is 1.91. The van der Waals surface area contributed by atoms with Gasteiger partial charge in [0.25, 0.3) is 5.91 Å². The zero-order chi connectivity index (χ0) is 19.4. The summed E-state index contributed by atoms with van der Waals surface area (Å²) in [5.41, 5.74) is 2.70. The molecule has 0 radical (unpaired) electrons. The van der Waals surface area contributed by atoms with Gasteiger partial charge in [0.15, 0.2) is 0 Å². The lowest BCUT2D eigenvalue weighted by Gasteiger charge is -2.21. The van der Waals surface area contributed by atoms with Crippen LogP contribution < -0.4 is 9.64 Å². The molecule has 0 atom stereocenters. The van der Waals surface area contributed by atoms with E-state index in [9.17, 15) is 4.79 Å². The molecule has 0 unspecified atom stereocenters. The summed E-state index contributed by atoms with van der Waals surface area (Å²) in [4.78, 5) is 16.4. The van der Waals surface area contributed by atoms with Gasteiger partial charge in [-0.25, -0.2) is 0 Å². The third-order valence-corrected chi connectivity index (χ3v) is 4.66. The monoisotopic (exact) mass is 367 g/mol. The fourth-order valence-corrected chi connectivity index (χ4v) is 2.97. The molecule has 6 nitrogen and oxygen atoms in total. The van der Waals surface area contributed by atoms with Gasteiger partial charge in [0.1, 0.15) is 11.6 Å². The highest BCUT2D eigenvalue weighted by atomic mass is 16.5. The van der Waals surface area contributed by atoms with Crippen LogP contribution >= 0.6 is 0 Å². The molecule has 0 aliphatic heterocycles. The third-order valence-electron chi connectivity index (χ3n) is 4.66. The van der Waals surface area contributed by atoms with Crippen molar-refractivity contribution in [2.75, 3.05) is 46.4 Å². The van der Waals surface area contributed by atoms with Gasteiger partial charge in [-0.15, -0.1) is 0 Å². The number of nitrogens with zero attached hydrogens (tertiary/aromatic N) is 3. The minimum absolute atomic E-state index is 0.0271. The van der Waals surface area contributed by atoms with E-state index in [0.717, 1.165) is 22.8 Å². The van der Waals surface area contributed by atoms with E-state index in [4.69, 9.17) is 9.47 Å². The first kappa shape index (κ1) is 18.8. The normalized spacial score (nSPS) is 10.8. The Kier molecular flexibility index (Phi) is 5.66. The standard InChI is InChI=1S/C21H25N3O3/c1-22(13-14-26-3)21(25)16-5-6-18-9-12-20(24(18)15-16)23(2)17-7-10-19(27-4)11-8-17/h5-12,15H,13-14H2,1-4H3. The molecule has 3 rings (SSSR count). The predicted octanol–water partition coefficient (Wildman–Crippen LogP) is 3.43. The molecule has 0 saturated carbocycles. The molecule has 0 spiro atoms. The Morgan fingerprint density at radius 2 is 1.70 bits per heavy atom. The second kappa shape index (κ2) is 8.14. The van der Waals surface area contributed by atoms with Gasteiger partial charge in [-0.05, 0) is 48.5 Å². The Hall–Kier alpha value is -2.99. The molecular weight excluding hydrogens is 342 g/mol. The van der Waals surface area contributed by atoms with Gasteiger partial charge in [-0.1, -0.05) is 0 Å². The van der Waals surface area contributed by atoms with E-state index in [1.165, 1.54) is 0 Å². The van der Waals surface area contributed by atoms with Gasteiger partial charge < -0.3 is 23.7 Å². The number of rotatable bonds is 7. The molecule has 0 fully saturated rings. The number of aromatic nitrogens is 1. The van der Waals surface area contributed by atoms with Crippen molar-refractivity contribution in [3.05, 3.63) is 60.3 Å². The van der Waals surface area contributed by atoms with Crippen LogP contribution in [-0.2, 0) is 4.74 Å². The van der Waals surface area contributed by atoms with E-state index >= 15 is 0 Å². The van der Waals surface area contributed by atoms with Crippen LogP contribution in [0.5, 0.6) is 5.75 Å². The van der Waals surface area contributed by atoms with Gasteiger partial charge in [-0.2, -0.15) is 0 Å². The van der Waals surface area contributed by atoms with Gasteiger partial charge in [0, 0.05) is 45.2 Å². The molecule has 0 bridgehead atoms. The molecule has 27 heavy (non-hydrogen) atoms. The minimum atomic E-state index is -0.0271. The summed E-state index contributed by atoms with van der Waals surface area (Å²) in [6.45, 7) is 1.07. The lowest BCUT2D eigenvalue weighted by molar-refractivity contribution is 0.0744. The first-order valence-electron chi connectivity index (χ1n) is 8.78. The lowest BCUT2D eigenvalue weighted by atomic mass is 10.2. The van der Waals surface area contributed by atoms with Crippen molar-refractivity contribution in [1.82, 2.24) is 9.30 Å². The van der Waals surface area contributed by atoms with Gasteiger partial charge in [-0.3, -0.25) is 4.79 Å². The summed E-state index contributed by atoms with van der Waals surface area (Å²) in [6, 6.07) is 15.8. The SMILES string of the molecule is COCCN(C)C(=O)c1ccc2ccc(N(C)c3ccc(OC)cc3)n2c1. The zero-order valence-corrected chi connectivity index (χ0v) is 16.2. The molecule has 1 aromatic carbocycles. The number of fused-ring (bicyclic) bond motifs is 1.